The summed E-state index contributed by atoms with van der Waals surface area (Å²) >= 11 is 1.42. The van der Waals surface area contributed by atoms with E-state index in [-0.39, 0.29) is 5.78 Å². The van der Waals surface area contributed by atoms with E-state index in [0.717, 1.165) is 23.6 Å². The molecule has 0 amide bonds. The van der Waals surface area contributed by atoms with Crippen molar-refractivity contribution in [3.8, 4) is 0 Å². The van der Waals surface area contributed by atoms with Crippen LogP contribution in [0.15, 0.2) is 29.7 Å². The van der Waals surface area contributed by atoms with Crippen LogP contribution < -0.4 is 0 Å². The topological polar surface area (TPSA) is 57.0 Å². The van der Waals surface area contributed by atoms with Crippen LogP contribution in [0.5, 0.6) is 0 Å². The van der Waals surface area contributed by atoms with Crippen molar-refractivity contribution in [2.75, 3.05) is 19.5 Å². The van der Waals surface area contributed by atoms with E-state index in [0.29, 0.717) is 18.9 Å². The number of rotatable bonds is 7. The lowest BCUT2D eigenvalue weighted by molar-refractivity contribution is 0.102. The zero-order valence-electron chi connectivity index (χ0n) is 12.6. The number of methoxy groups -OCH3 is 1. The number of ether oxygens (including phenoxy) is 1. The average molecular weight is 317 g/mol. The molecule has 0 N–H and O–H groups in total. The molecule has 6 heteroatoms. The van der Waals surface area contributed by atoms with E-state index in [1.54, 1.807) is 13.4 Å². The van der Waals surface area contributed by atoms with Crippen molar-refractivity contribution >= 4 is 17.5 Å². The maximum atomic E-state index is 12.4. The van der Waals surface area contributed by atoms with E-state index >= 15 is 0 Å². The number of aryl methyl sites for hydroxylation is 2. The minimum Gasteiger partial charge on any atom is -0.383 e. The summed E-state index contributed by atoms with van der Waals surface area (Å²) in [4.78, 5) is 12.4. The number of aromatic nitrogens is 3. The number of nitrogens with zero attached hydrogens (tertiary/aromatic N) is 3. The number of fused-ring (bicyclic) bond motifs is 1. The molecular formula is C16H19N3O2S. The van der Waals surface area contributed by atoms with E-state index in [4.69, 9.17) is 4.74 Å². The Kier molecular flexibility index (Phi) is 4.90. The zero-order chi connectivity index (χ0) is 15.4. The lowest BCUT2D eigenvalue weighted by Gasteiger charge is -2.06. The molecule has 0 saturated carbocycles. The van der Waals surface area contributed by atoms with Gasteiger partial charge in [0, 0.05) is 19.2 Å². The molecule has 0 aliphatic heterocycles. The fraction of sp³-hybridized carbons (Fsp3) is 0.438. The Hall–Kier alpha value is -1.66. The Bertz CT molecular complexity index is 669. The number of hydrogen-bond acceptors (Lipinski definition) is 5. The molecule has 0 unspecified atom stereocenters. The molecule has 0 atom stereocenters. The van der Waals surface area contributed by atoms with Crippen LogP contribution in [0.2, 0.25) is 0 Å². The van der Waals surface area contributed by atoms with Gasteiger partial charge in [-0.25, -0.2) is 0 Å². The third kappa shape index (κ3) is 3.39. The summed E-state index contributed by atoms with van der Waals surface area (Å²) in [7, 11) is 1.66. The predicted octanol–water partition coefficient (Wildman–Crippen LogP) is 2.39. The molecule has 1 aromatic heterocycles. The largest absolute Gasteiger partial charge is 0.383 e. The smallest absolute Gasteiger partial charge is 0.191 e. The number of thioether (sulfide) groups is 1. The standard InChI is InChI=1S/C16H19N3O2S/c1-21-8-7-19-11-17-18-16(19)22-10-15(20)14-6-5-12-3-2-4-13(12)9-14/h5-6,9,11H,2-4,7-8,10H2,1H3. The van der Waals surface area contributed by atoms with Gasteiger partial charge >= 0.3 is 0 Å². The van der Waals surface area contributed by atoms with Crippen molar-refractivity contribution in [3.05, 3.63) is 41.2 Å². The van der Waals surface area contributed by atoms with Crippen LogP contribution in [-0.4, -0.2) is 40.0 Å². The van der Waals surface area contributed by atoms with Crippen molar-refractivity contribution < 1.29 is 9.53 Å². The molecule has 0 spiro atoms. The molecule has 0 radical (unpaired) electrons. The van der Waals surface area contributed by atoms with Gasteiger partial charge in [0.1, 0.15) is 6.33 Å². The van der Waals surface area contributed by atoms with E-state index < -0.39 is 0 Å². The molecule has 0 fully saturated rings. The maximum Gasteiger partial charge on any atom is 0.191 e. The van der Waals surface area contributed by atoms with Gasteiger partial charge in [0.25, 0.3) is 0 Å². The van der Waals surface area contributed by atoms with Gasteiger partial charge in [0.2, 0.25) is 0 Å². The summed E-state index contributed by atoms with van der Waals surface area (Å²) in [6, 6.07) is 6.10. The van der Waals surface area contributed by atoms with E-state index in [2.05, 4.69) is 22.3 Å². The number of hydrogen-bond donors (Lipinski definition) is 0. The van der Waals surface area contributed by atoms with Crippen LogP contribution in [0.4, 0.5) is 0 Å². The van der Waals surface area contributed by atoms with Crippen LogP contribution in [0, 0.1) is 0 Å². The SMILES string of the molecule is COCCn1cnnc1SCC(=O)c1ccc2c(c1)CCC2. The Balaban J connectivity index is 1.62. The molecule has 3 rings (SSSR count). The molecule has 22 heavy (non-hydrogen) atoms. The second-order valence-corrected chi connectivity index (χ2v) is 6.29. The first kappa shape index (κ1) is 15.2. The van der Waals surface area contributed by atoms with Crippen LogP contribution in [0.1, 0.15) is 27.9 Å². The summed E-state index contributed by atoms with van der Waals surface area (Å²) in [6.45, 7) is 1.29. The quantitative estimate of drug-likeness (QED) is 0.580. The van der Waals surface area contributed by atoms with Gasteiger partial charge in [-0.1, -0.05) is 23.9 Å². The fourth-order valence-corrected chi connectivity index (χ4v) is 3.49. The van der Waals surface area contributed by atoms with Crippen LogP contribution in [-0.2, 0) is 24.1 Å². The second kappa shape index (κ2) is 7.07. The Morgan fingerprint density at radius 1 is 1.36 bits per heavy atom. The third-order valence-corrected chi connectivity index (χ3v) is 4.85. The van der Waals surface area contributed by atoms with Gasteiger partial charge in [-0.3, -0.25) is 4.79 Å². The molecular weight excluding hydrogens is 298 g/mol. The summed E-state index contributed by atoms with van der Waals surface area (Å²) in [6.07, 6.45) is 5.10. The van der Waals surface area contributed by atoms with Gasteiger partial charge in [0.15, 0.2) is 10.9 Å². The summed E-state index contributed by atoms with van der Waals surface area (Å²) < 4.78 is 6.96. The molecule has 1 aromatic carbocycles. The van der Waals surface area contributed by atoms with Gasteiger partial charge in [-0.05, 0) is 36.5 Å². The first-order chi connectivity index (χ1) is 10.8. The number of ketones is 1. The molecule has 0 saturated heterocycles. The van der Waals surface area contributed by atoms with Gasteiger partial charge in [-0.2, -0.15) is 0 Å². The number of carbonyl (C=O) groups is 1. The molecule has 0 bridgehead atoms. The molecule has 1 aliphatic carbocycles. The van der Waals surface area contributed by atoms with Crippen LogP contribution in [0.25, 0.3) is 0 Å². The molecule has 5 nitrogen and oxygen atoms in total. The van der Waals surface area contributed by atoms with Crippen molar-refractivity contribution in [3.63, 3.8) is 0 Å². The lowest BCUT2D eigenvalue weighted by atomic mass is 10.0. The van der Waals surface area contributed by atoms with Crippen molar-refractivity contribution in [2.24, 2.45) is 0 Å². The third-order valence-electron chi connectivity index (χ3n) is 3.87. The van der Waals surface area contributed by atoms with Gasteiger partial charge < -0.3 is 9.30 Å². The second-order valence-electron chi connectivity index (χ2n) is 5.35. The minimum absolute atomic E-state index is 0.140. The van der Waals surface area contributed by atoms with Gasteiger partial charge in [-0.15, -0.1) is 10.2 Å². The van der Waals surface area contributed by atoms with Crippen molar-refractivity contribution in [2.45, 2.75) is 31.0 Å². The maximum absolute atomic E-state index is 12.4. The summed E-state index contributed by atoms with van der Waals surface area (Å²) in [5.74, 6) is 0.519. The van der Waals surface area contributed by atoms with Crippen LogP contribution in [0.3, 0.4) is 0 Å². The normalized spacial score (nSPS) is 13.3. The fourth-order valence-electron chi connectivity index (χ4n) is 2.66. The highest BCUT2D eigenvalue weighted by Gasteiger charge is 2.15. The van der Waals surface area contributed by atoms with Crippen LogP contribution >= 0.6 is 11.8 Å². The average Bonchev–Trinajstić information content (AvgIpc) is 3.18. The first-order valence-corrected chi connectivity index (χ1v) is 8.41. The van der Waals surface area contributed by atoms with Gasteiger partial charge in [0.05, 0.1) is 12.4 Å². The highest BCUT2D eigenvalue weighted by Crippen LogP contribution is 2.24. The summed E-state index contributed by atoms with van der Waals surface area (Å²) in [5, 5.41) is 8.72. The Labute approximate surface area is 134 Å². The molecule has 1 heterocycles. The zero-order valence-corrected chi connectivity index (χ0v) is 13.4. The first-order valence-electron chi connectivity index (χ1n) is 7.42. The number of Topliss-reactive ketones (excluding diaryl/α,β-unsaturated/α-hetero) is 1. The van der Waals surface area contributed by atoms with E-state index in [1.807, 2.05) is 10.6 Å². The molecule has 1 aliphatic rings. The summed E-state index contributed by atoms with van der Waals surface area (Å²) in [5.41, 5.74) is 3.53. The Morgan fingerprint density at radius 3 is 3.09 bits per heavy atom. The van der Waals surface area contributed by atoms with E-state index in [1.165, 1.54) is 29.3 Å². The lowest BCUT2D eigenvalue weighted by Crippen LogP contribution is -2.07. The Morgan fingerprint density at radius 2 is 2.23 bits per heavy atom. The highest BCUT2D eigenvalue weighted by atomic mass is 32.2. The monoisotopic (exact) mass is 317 g/mol. The van der Waals surface area contributed by atoms with Crippen molar-refractivity contribution in [1.82, 2.24) is 14.8 Å². The predicted molar refractivity (Wildman–Crippen MR) is 85.4 cm³/mol. The highest BCUT2D eigenvalue weighted by molar-refractivity contribution is 7.99. The minimum atomic E-state index is 0.140. The van der Waals surface area contributed by atoms with E-state index in [9.17, 15) is 4.79 Å². The van der Waals surface area contributed by atoms with Crippen molar-refractivity contribution in [1.29, 1.82) is 0 Å². The molecule has 116 valence electrons. The number of benzene rings is 1. The molecule has 2 aromatic rings. The number of carbonyl (C=O) groups excluding carboxylic acids is 1.